The van der Waals surface area contributed by atoms with Crippen LogP contribution in [0.25, 0.3) is 0 Å². The quantitative estimate of drug-likeness (QED) is 0.700. The van der Waals surface area contributed by atoms with E-state index in [4.69, 9.17) is 4.74 Å². The van der Waals surface area contributed by atoms with Crippen LogP contribution >= 0.6 is 0 Å². The summed E-state index contributed by atoms with van der Waals surface area (Å²) in [5, 5.41) is 0. The van der Waals surface area contributed by atoms with E-state index in [-0.39, 0.29) is 17.6 Å². The molecule has 32 heavy (non-hydrogen) atoms. The predicted molar refractivity (Wildman–Crippen MR) is 127 cm³/mol. The highest BCUT2D eigenvalue weighted by atomic mass is 16.5. The summed E-state index contributed by atoms with van der Waals surface area (Å²) >= 11 is 0. The molecule has 5 rings (SSSR count). The molecular formula is C27H37N3O2. The van der Waals surface area contributed by atoms with Gasteiger partial charge >= 0.3 is 0 Å². The van der Waals surface area contributed by atoms with Gasteiger partial charge in [-0.1, -0.05) is 30.7 Å². The zero-order valence-corrected chi connectivity index (χ0v) is 19.8. The lowest BCUT2D eigenvalue weighted by atomic mass is 9.82. The summed E-state index contributed by atoms with van der Waals surface area (Å²) in [6.45, 7) is 8.24. The Morgan fingerprint density at radius 1 is 1.16 bits per heavy atom. The molecule has 5 heteroatoms. The van der Waals surface area contributed by atoms with Gasteiger partial charge in [-0.25, -0.2) is 0 Å². The molecule has 172 valence electrons. The number of ether oxygens (including phenoxy) is 1. The molecule has 0 radical (unpaired) electrons. The molecule has 0 aliphatic carbocycles. The maximum atomic E-state index is 13.4. The topological polar surface area (TPSA) is 36.0 Å². The summed E-state index contributed by atoms with van der Waals surface area (Å²) < 4.78 is 6.52. The van der Waals surface area contributed by atoms with E-state index in [1.54, 1.807) is 0 Å². The fraction of sp³-hybridized carbons (Fsp3) is 0.593. The van der Waals surface area contributed by atoms with E-state index in [0.717, 1.165) is 63.5 Å². The Morgan fingerprint density at radius 3 is 2.72 bits per heavy atom. The van der Waals surface area contributed by atoms with Gasteiger partial charge in [0.25, 0.3) is 0 Å². The van der Waals surface area contributed by atoms with Gasteiger partial charge in [0.05, 0.1) is 5.70 Å². The number of nitrogens with zero attached hydrogens (tertiary/aromatic N) is 3. The number of amides is 1. The Hall–Kier alpha value is -2.43. The number of allylic oxidation sites excluding steroid dienone is 1. The fourth-order valence-corrected chi connectivity index (χ4v) is 5.85. The van der Waals surface area contributed by atoms with E-state index in [2.05, 4.69) is 60.2 Å². The van der Waals surface area contributed by atoms with Crippen LogP contribution in [0.1, 0.15) is 50.2 Å². The Kier molecular flexibility index (Phi) is 5.68. The zero-order valence-electron chi connectivity index (χ0n) is 19.8. The number of piperidine rings is 2. The third-order valence-corrected chi connectivity index (χ3v) is 7.88. The van der Waals surface area contributed by atoms with Crippen molar-refractivity contribution < 1.29 is 9.53 Å². The minimum Gasteiger partial charge on any atom is -0.487 e. The first-order chi connectivity index (χ1) is 15.4. The van der Waals surface area contributed by atoms with Gasteiger partial charge < -0.3 is 19.4 Å². The third-order valence-electron chi connectivity index (χ3n) is 7.88. The van der Waals surface area contributed by atoms with Crippen molar-refractivity contribution in [2.45, 2.75) is 64.0 Å². The number of benzene rings is 1. The first-order valence-electron chi connectivity index (χ1n) is 12.4. The average molecular weight is 436 g/mol. The van der Waals surface area contributed by atoms with Crippen LogP contribution in [0.3, 0.4) is 0 Å². The Bertz CT molecular complexity index is 929. The second kappa shape index (κ2) is 8.49. The lowest BCUT2D eigenvalue weighted by molar-refractivity contribution is -0.138. The molecule has 4 aliphatic rings. The van der Waals surface area contributed by atoms with Crippen molar-refractivity contribution in [3.63, 3.8) is 0 Å². The monoisotopic (exact) mass is 435 g/mol. The van der Waals surface area contributed by atoms with Gasteiger partial charge in [-0.2, -0.15) is 0 Å². The van der Waals surface area contributed by atoms with Crippen molar-refractivity contribution in [2.75, 3.05) is 33.2 Å². The van der Waals surface area contributed by atoms with Crippen LogP contribution in [-0.4, -0.2) is 65.5 Å². The molecule has 0 N–H and O–H groups in total. The lowest BCUT2D eigenvalue weighted by Gasteiger charge is -2.45. The van der Waals surface area contributed by atoms with Crippen LogP contribution in [0, 0.1) is 12.8 Å². The predicted octanol–water partition coefficient (Wildman–Crippen LogP) is 4.12. The summed E-state index contributed by atoms with van der Waals surface area (Å²) in [5.74, 6) is 2.00. The van der Waals surface area contributed by atoms with Gasteiger partial charge in [-0.05, 0) is 56.2 Å². The van der Waals surface area contributed by atoms with E-state index in [1.165, 1.54) is 29.7 Å². The second-order valence-electron chi connectivity index (χ2n) is 10.4. The summed E-state index contributed by atoms with van der Waals surface area (Å²) in [5.41, 5.74) is 3.75. The largest absolute Gasteiger partial charge is 0.487 e. The van der Waals surface area contributed by atoms with Crippen LogP contribution in [0.15, 0.2) is 42.2 Å². The molecule has 4 heterocycles. The maximum absolute atomic E-state index is 13.4. The third kappa shape index (κ3) is 4.14. The molecular weight excluding hydrogens is 398 g/mol. The smallest absolute Gasteiger partial charge is 0.249 e. The van der Waals surface area contributed by atoms with E-state index in [0.29, 0.717) is 0 Å². The minimum absolute atomic E-state index is 0.106. The number of likely N-dealkylation sites (tertiary alicyclic amines) is 2. The molecule has 2 atom stereocenters. The maximum Gasteiger partial charge on any atom is 0.249 e. The highest BCUT2D eigenvalue weighted by Gasteiger charge is 2.41. The first kappa shape index (κ1) is 21.4. The molecule has 1 aromatic carbocycles. The van der Waals surface area contributed by atoms with Crippen molar-refractivity contribution in [3.05, 3.63) is 53.4 Å². The molecule has 2 saturated heterocycles. The highest BCUT2D eigenvalue weighted by molar-refractivity contribution is 5.84. The minimum atomic E-state index is -0.203. The molecule has 4 aliphatic heterocycles. The number of hydrogen-bond acceptors (Lipinski definition) is 4. The first-order valence-corrected chi connectivity index (χ1v) is 12.4. The van der Waals surface area contributed by atoms with Gasteiger partial charge in [0.15, 0.2) is 0 Å². The van der Waals surface area contributed by atoms with Crippen molar-refractivity contribution >= 4 is 5.91 Å². The van der Waals surface area contributed by atoms with Gasteiger partial charge in [0.1, 0.15) is 17.4 Å². The van der Waals surface area contributed by atoms with Crippen molar-refractivity contribution in [1.82, 2.24) is 14.7 Å². The normalized spacial score (nSPS) is 27.1. The van der Waals surface area contributed by atoms with Crippen LogP contribution in [0.4, 0.5) is 0 Å². The molecule has 5 nitrogen and oxygen atoms in total. The summed E-state index contributed by atoms with van der Waals surface area (Å²) in [6.07, 6.45) is 12.9. The number of hydrogen-bond donors (Lipinski definition) is 0. The van der Waals surface area contributed by atoms with Gasteiger partial charge in [0.2, 0.25) is 5.91 Å². The molecule has 0 bridgehead atoms. The Balaban J connectivity index is 1.19. The molecule has 1 spiro atoms. The summed E-state index contributed by atoms with van der Waals surface area (Å²) in [7, 11) is 2.04. The lowest BCUT2D eigenvalue weighted by Crippen LogP contribution is -2.54. The number of carbonyl (C=O) groups excluding carboxylic acids is 1. The number of likely N-dealkylation sites (N-methyl/N-ethyl adjacent to an activating group) is 1. The molecule has 1 aromatic rings. The second-order valence-corrected chi connectivity index (χ2v) is 10.4. The summed E-state index contributed by atoms with van der Waals surface area (Å²) in [4.78, 5) is 20.0. The highest BCUT2D eigenvalue weighted by Crippen LogP contribution is 2.40. The number of aryl methyl sites for hydroxylation is 2. The Morgan fingerprint density at radius 2 is 1.97 bits per heavy atom. The van der Waals surface area contributed by atoms with Gasteiger partial charge in [-0.3, -0.25) is 4.79 Å². The molecule has 2 unspecified atom stereocenters. The van der Waals surface area contributed by atoms with Crippen molar-refractivity contribution in [2.24, 2.45) is 5.92 Å². The molecule has 0 saturated carbocycles. The summed E-state index contributed by atoms with van der Waals surface area (Å²) in [6, 6.07) is 6.30. The van der Waals surface area contributed by atoms with E-state index in [1.807, 2.05) is 11.9 Å². The van der Waals surface area contributed by atoms with E-state index >= 15 is 0 Å². The van der Waals surface area contributed by atoms with E-state index < -0.39 is 0 Å². The average Bonchev–Trinajstić information content (AvgIpc) is 2.79. The number of fused-ring (bicyclic) bond motifs is 1. The van der Waals surface area contributed by atoms with Gasteiger partial charge in [-0.15, -0.1) is 0 Å². The van der Waals surface area contributed by atoms with Crippen LogP contribution in [0.2, 0.25) is 0 Å². The SMILES string of the molecule is Cc1ccc2c(c1)CCC1(CCN(C(=O)C3C=CC(N4CCCC(C)C4)=CN3C)CC1)O2. The van der Waals surface area contributed by atoms with Crippen LogP contribution in [0.5, 0.6) is 5.75 Å². The zero-order chi connectivity index (χ0) is 22.3. The molecule has 1 amide bonds. The van der Waals surface area contributed by atoms with Crippen molar-refractivity contribution in [1.29, 1.82) is 0 Å². The van der Waals surface area contributed by atoms with Crippen molar-refractivity contribution in [3.8, 4) is 5.75 Å². The number of rotatable bonds is 2. The van der Waals surface area contributed by atoms with E-state index in [9.17, 15) is 4.79 Å². The Labute approximate surface area is 192 Å². The van der Waals surface area contributed by atoms with Crippen LogP contribution in [-0.2, 0) is 11.2 Å². The van der Waals surface area contributed by atoms with Crippen LogP contribution < -0.4 is 4.74 Å². The van der Waals surface area contributed by atoms with Gasteiger partial charge in [0, 0.05) is 52.3 Å². The standard InChI is InChI=1S/C27H37N3O2/c1-20-6-9-25-22(17-20)10-11-27(32-25)12-15-29(16-13-27)26(31)24-8-7-23(19-28(24)3)30-14-4-5-21(2)18-30/h6-9,17,19,21,24H,4-5,10-16,18H2,1-3H3. The number of carbonyl (C=O) groups is 1. The molecule has 2 fully saturated rings. The molecule has 0 aromatic heterocycles. The fourth-order valence-electron chi connectivity index (χ4n) is 5.85.